The van der Waals surface area contributed by atoms with Gasteiger partial charge in [-0.2, -0.15) is 0 Å². The molecule has 9 heteroatoms. The predicted molar refractivity (Wildman–Crippen MR) is 92.4 cm³/mol. The summed E-state index contributed by atoms with van der Waals surface area (Å²) >= 11 is 6.12. The lowest BCUT2D eigenvalue weighted by molar-refractivity contribution is 0.171. The lowest BCUT2D eigenvalue weighted by Crippen LogP contribution is -2.52. The molecule has 0 aromatic heterocycles. The van der Waals surface area contributed by atoms with Gasteiger partial charge in [-0.25, -0.2) is 13.1 Å². The zero-order valence-electron chi connectivity index (χ0n) is 13.1. The SMILES string of the molecule is CCC(CC)(CN)NS(=O)(=O)c1cc2c(cc1Cl)OCCO2.Cl. The van der Waals surface area contributed by atoms with Crippen LogP contribution < -0.4 is 19.9 Å². The molecule has 1 aromatic rings. The van der Waals surface area contributed by atoms with Crippen molar-refractivity contribution >= 4 is 34.0 Å². The first-order chi connectivity index (χ1) is 10.4. The Morgan fingerprint density at radius 3 is 2.22 bits per heavy atom. The zero-order valence-corrected chi connectivity index (χ0v) is 15.5. The summed E-state index contributed by atoms with van der Waals surface area (Å²) in [5, 5.41) is 0.0925. The van der Waals surface area contributed by atoms with E-state index in [0.29, 0.717) is 37.6 Å². The maximum absolute atomic E-state index is 12.7. The normalized spacial score (nSPS) is 14.3. The number of nitrogens with two attached hydrogens (primary N) is 1. The van der Waals surface area contributed by atoms with Gasteiger partial charge < -0.3 is 15.2 Å². The van der Waals surface area contributed by atoms with Gasteiger partial charge in [0.15, 0.2) is 11.5 Å². The summed E-state index contributed by atoms with van der Waals surface area (Å²) in [5.41, 5.74) is 5.07. The Balaban J connectivity index is 0.00000264. The van der Waals surface area contributed by atoms with Crippen LogP contribution in [0.5, 0.6) is 11.5 Å². The summed E-state index contributed by atoms with van der Waals surface area (Å²) in [5.74, 6) is 0.827. The Hall–Kier alpha value is -0.730. The van der Waals surface area contributed by atoms with Crippen molar-refractivity contribution in [3.8, 4) is 11.5 Å². The monoisotopic (exact) mass is 384 g/mol. The van der Waals surface area contributed by atoms with E-state index in [-0.39, 0.29) is 28.9 Å². The topological polar surface area (TPSA) is 90.7 Å². The summed E-state index contributed by atoms with van der Waals surface area (Å²) in [7, 11) is -3.82. The van der Waals surface area contributed by atoms with E-state index >= 15 is 0 Å². The first kappa shape index (κ1) is 20.3. The number of halogens is 2. The number of sulfonamides is 1. The van der Waals surface area contributed by atoms with Crippen molar-refractivity contribution in [2.24, 2.45) is 5.73 Å². The van der Waals surface area contributed by atoms with Crippen LogP contribution in [0.25, 0.3) is 0 Å². The van der Waals surface area contributed by atoms with Crippen LogP contribution in [0.2, 0.25) is 5.02 Å². The molecule has 0 spiro atoms. The number of rotatable bonds is 6. The number of hydrogen-bond acceptors (Lipinski definition) is 5. The molecule has 0 atom stereocenters. The molecule has 0 fully saturated rings. The second-order valence-corrected chi connectivity index (χ2v) is 7.28. The molecule has 3 N–H and O–H groups in total. The molecule has 0 unspecified atom stereocenters. The van der Waals surface area contributed by atoms with Crippen molar-refractivity contribution in [1.82, 2.24) is 4.72 Å². The third-order valence-electron chi connectivity index (χ3n) is 3.98. The molecule has 6 nitrogen and oxygen atoms in total. The van der Waals surface area contributed by atoms with Gasteiger partial charge in [-0.05, 0) is 12.8 Å². The molecular formula is C14H22Cl2N2O4S. The molecule has 1 aliphatic heterocycles. The summed E-state index contributed by atoms with van der Waals surface area (Å²) in [6.45, 7) is 4.78. The molecule has 0 saturated heterocycles. The molecule has 0 amide bonds. The fourth-order valence-electron chi connectivity index (χ4n) is 2.32. The molecule has 0 aliphatic carbocycles. The Bertz CT molecular complexity index is 640. The van der Waals surface area contributed by atoms with Gasteiger partial charge in [0.25, 0.3) is 0 Å². The molecule has 1 heterocycles. The first-order valence-corrected chi connectivity index (χ1v) is 9.07. The molecule has 0 bridgehead atoms. The van der Waals surface area contributed by atoms with E-state index in [4.69, 9.17) is 26.8 Å². The summed E-state index contributed by atoms with van der Waals surface area (Å²) in [6.07, 6.45) is 1.17. The summed E-state index contributed by atoms with van der Waals surface area (Å²) in [6, 6.07) is 2.86. The Labute approximate surface area is 148 Å². The second kappa shape index (κ2) is 7.90. The lowest BCUT2D eigenvalue weighted by Gasteiger charge is -2.31. The van der Waals surface area contributed by atoms with Crippen molar-refractivity contribution in [1.29, 1.82) is 0 Å². The van der Waals surface area contributed by atoms with Gasteiger partial charge in [-0.15, -0.1) is 12.4 Å². The lowest BCUT2D eigenvalue weighted by atomic mass is 9.95. The zero-order chi connectivity index (χ0) is 16.4. The highest BCUT2D eigenvalue weighted by Crippen LogP contribution is 2.37. The molecule has 0 radical (unpaired) electrons. The maximum atomic E-state index is 12.7. The summed E-state index contributed by atoms with van der Waals surface area (Å²) in [4.78, 5) is -0.0295. The predicted octanol–water partition coefficient (Wildman–Crippen LogP) is 2.33. The molecular weight excluding hydrogens is 363 g/mol. The van der Waals surface area contributed by atoms with Crippen molar-refractivity contribution in [2.75, 3.05) is 19.8 Å². The van der Waals surface area contributed by atoms with Crippen molar-refractivity contribution in [3.05, 3.63) is 17.2 Å². The largest absolute Gasteiger partial charge is 0.486 e. The van der Waals surface area contributed by atoms with Crippen LogP contribution in [0, 0.1) is 0 Å². The molecule has 0 saturated carbocycles. The fourth-order valence-corrected chi connectivity index (χ4v) is 4.40. The molecule has 23 heavy (non-hydrogen) atoms. The van der Waals surface area contributed by atoms with Crippen LogP contribution in [-0.2, 0) is 10.0 Å². The smallest absolute Gasteiger partial charge is 0.242 e. The van der Waals surface area contributed by atoms with Crippen LogP contribution in [0.3, 0.4) is 0 Å². The van der Waals surface area contributed by atoms with E-state index < -0.39 is 15.6 Å². The molecule has 2 rings (SSSR count). The fraction of sp³-hybridized carbons (Fsp3) is 0.571. The number of ether oxygens (including phenoxy) is 2. The Morgan fingerprint density at radius 1 is 1.22 bits per heavy atom. The van der Waals surface area contributed by atoms with Crippen molar-refractivity contribution in [3.63, 3.8) is 0 Å². The minimum absolute atomic E-state index is 0. The van der Waals surface area contributed by atoms with Gasteiger partial charge in [-0.3, -0.25) is 0 Å². The third kappa shape index (κ3) is 4.22. The van der Waals surface area contributed by atoms with Gasteiger partial charge in [0, 0.05) is 24.2 Å². The van der Waals surface area contributed by atoms with Crippen LogP contribution in [0.1, 0.15) is 26.7 Å². The highest BCUT2D eigenvalue weighted by atomic mass is 35.5. The quantitative estimate of drug-likeness (QED) is 0.785. The van der Waals surface area contributed by atoms with Crippen LogP contribution >= 0.6 is 24.0 Å². The molecule has 132 valence electrons. The Kier molecular flexibility index (Phi) is 6.97. The van der Waals surface area contributed by atoms with E-state index in [1.165, 1.54) is 12.1 Å². The van der Waals surface area contributed by atoms with Crippen LogP contribution in [0.4, 0.5) is 0 Å². The minimum Gasteiger partial charge on any atom is -0.486 e. The van der Waals surface area contributed by atoms with Gasteiger partial charge in [0.05, 0.1) is 5.02 Å². The van der Waals surface area contributed by atoms with E-state index in [1.807, 2.05) is 13.8 Å². The maximum Gasteiger partial charge on any atom is 0.242 e. The van der Waals surface area contributed by atoms with E-state index in [1.54, 1.807) is 0 Å². The number of hydrogen-bond donors (Lipinski definition) is 2. The van der Waals surface area contributed by atoms with E-state index in [0.717, 1.165) is 0 Å². The van der Waals surface area contributed by atoms with Gasteiger partial charge in [0.2, 0.25) is 10.0 Å². The number of benzene rings is 1. The van der Waals surface area contributed by atoms with E-state index in [9.17, 15) is 8.42 Å². The average Bonchev–Trinajstić information content (AvgIpc) is 2.52. The van der Waals surface area contributed by atoms with Gasteiger partial charge in [-0.1, -0.05) is 25.4 Å². The average molecular weight is 385 g/mol. The summed E-state index contributed by atoms with van der Waals surface area (Å²) < 4.78 is 38.9. The highest BCUT2D eigenvalue weighted by Gasteiger charge is 2.33. The first-order valence-electron chi connectivity index (χ1n) is 7.20. The minimum atomic E-state index is -3.82. The standard InChI is InChI=1S/C14H21ClN2O4S.ClH/c1-3-14(4-2,9-16)17-22(18,19)13-8-12-11(7-10(13)15)20-5-6-21-12;/h7-8,17H,3-6,9,16H2,1-2H3;1H. The third-order valence-corrected chi connectivity index (χ3v) is 6.02. The van der Waals surface area contributed by atoms with Crippen molar-refractivity contribution < 1.29 is 17.9 Å². The molecule has 1 aromatic carbocycles. The number of nitrogens with one attached hydrogen (secondary N) is 1. The van der Waals surface area contributed by atoms with Crippen LogP contribution in [0.15, 0.2) is 17.0 Å². The number of fused-ring (bicyclic) bond motifs is 1. The van der Waals surface area contributed by atoms with E-state index in [2.05, 4.69) is 4.72 Å². The van der Waals surface area contributed by atoms with Crippen LogP contribution in [-0.4, -0.2) is 33.7 Å². The Morgan fingerprint density at radius 2 is 1.74 bits per heavy atom. The van der Waals surface area contributed by atoms with Gasteiger partial charge in [0.1, 0.15) is 18.1 Å². The second-order valence-electron chi connectivity index (χ2n) is 5.22. The van der Waals surface area contributed by atoms with Crippen molar-refractivity contribution in [2.45, 2.75) is 37.1 Å². The highest BCUT2D eigenvalue weighted by molar-refractivity contribution is 7.89. The van der Waals surface area contributed by atoms with Gasteiger partial charge >= 0.3 is 0 Å². The molecule has 1 aliphatic rings.